The lowest BCUT2D eigenvalue weighted by atomic mass is 10.3. The van der Waals surface area contributed by atoms with Gasteiger partial charge in [0.2, 0.25) is 0 Å². The van der Waals surface area contributed by atoms with Crippen LogP contribution in [0.5, 0.6) is 0 Å². The molecule has 15 heavy (non-hydrogen) atoms. The number of halogens is 1. The Bertz CT molecular complexity index is 299. The van der Waals surface area contributed by atoms with E-state index in [9.17, 15) is 0 Å². The topological polar surface area (TPSA) is 27.1 Å². The van der Waals surface area contributed by atoms with Gasteiger partial charge in [0.05, 0.1) is 29.1 Å². The van der Waals surface area contributed by atoms with Gasteiger partial charge >= 0.3 is 0 Å². The molecule has 0 fully saturated rings. The second-order valence-electron chi connectivity index (χ2n) is 3.69. The third-order valence-corrected chi connectivity index (χ3v) is 3.08. The minimum Gasteiger partial charge on any atom is -0.372 e. The van der Waals surface area contributed by atoms with E-state index in [1.165, 1.54) is 0 Å². The van der Waals surface area contributed by atoms with E-state index in [-0.39, 0.29) is 0 Å². The van der Waals surface area contributed by atoms with Crippen LogP contribution in [0, 0.1) is 0 Å². The summed E-state index contributed by atoms with van der Waals surface area (Å²) in [6, 6.07) is 0. The summed E-state index contributed by atoms with van der Waals surface area (Å²) < 4.78 is 8.76. The van der Waals surface area contributed by atoms with Crippen LogP contribution in [0.3, 0.4) is 0 Å². The number of aromatic nitrogens is 2. The average molecular weight is 275 g/mol. The first-order chi connectivity index (χ1) is 7.19. The molecule has 0 radical (unpaired) electrons. The fourth-order valence-electron chi connectivity index (χ4n) is 1.27. The van der Waals surface area contributed by atoms with Crippen molar-refractivity contribution in [3.63, 3.8) is 0 Å². The summed E-state index contributed by atoms with van der Waals surface area (Å²) in [6.45, 7) is 7.95. The molecule has 0 aliphatic rings. The van der Waals surface area contributed by atoms with Gasteiger partial charge in [-0.2, -0.15) is 5.10 Å². The normalized spacial score (nSPS) is 13.1. The van der Waals surface area contributed by atoms with Crippen LogP contribution in [0.2, 0.25) is 0 Å². The van der Waals surface area contributed by atoms with Gasteiger partial charge in [-0.05, 0) is 35.7 Å². The molecular formula is C11H19BrN2O. The second kappa shape index (κ2) is 6.28. The number of nitrogens with zero attached hydrogens (tertiary/aromatic N) is 2. The lowest BCUT2D eigenvalue weighted by Crippen LogP contribution is -2.11. The van der Waals surface area contributed by atoms with Crippen molar-refractivity contribution in [3.8, 4) is 0 Å². The maximum absolute atomic E-state index is 5.71. The van der Waals surface area contributed by atoms with E-state index in [0.29, 0.717) is 12.7 Å². The largest absolute Gasteiger partial charge is 0.372 e. The molecule has 0 bridgehead atoms. The molecule has 0 aliphatic heterocycles. The third-order valence-electron chi connectivity index (χ3n) is 2.41. The molecule has 0 N–H and O–H groups in total. The van der Waals surface area contributed by atoms with Gasteiger partial charge in [-0.25, -0.2) is 0 Å². The molecule has 4 heteroatoms. The maximum Gasteiger partial charge on any atom is 0.0899 e. The summed E-state index contributed by atoms with van der Waals surface area (Å²) in [7, 11) is 0. The molecule has 0 amide bonds. The fourth-order valence-corrected chi connectivity index (χ4v) is 1.69. The molecule has 0 spiro atoms. The predicted molar refractivity (Wildman–Crippen MR) is 64.8 cm³/mol. The summed E-state index contributed by atoms with van der Waals surface area (Å²) in [5.41, 5.74) is 1.14. The third kappa shape index (κ3) is 3.61. The zero-order chi connectivity index (χ0) is 11.3. The Morgan fingerprint density at radius 2 is 2.27 bits per heavy atom. The summed E-state index contributed by atoms with van der Waals surface area (Å²) in [5.74, 6) is 0. The van der Waals surface area contributed by atoms with E-state index in [4.69, 9.17) is 4.74 Å². The minimum atomic E-state index is 0.307. The SMILES string of the molecule is CCCn1ncc(Br)c1CO[C@H](C)CC. The van der Waals surface area contributed by atoms with Crippen LogP contribution in [-0.2, 0) is 17.9 Å². The summed E-state index contributed by atoms with van der Waals surface area (Å²) >= 11 is 3.50. The minimum absolute atomic E-state index is 0.307. The molecule has 1 atom stereocenters. The van der Waals surface area contributed by atoms with Crippen molar-refractivity contribution in [1.29, 1.82) is 0 Å². The van der Waals surface area contributed by atoms with E-state index < -0.39 is 0 Å². The number of hydrogen-bond acceptors (Lipinski definition) is 2. The molecule has 1 aromatic rings. The average Bonchev–Trinajstić information content (AvgIpc) is 2.57. The molecule has 0 unspecified atom stereocenters. The molecule has 1 rings (SSSR count). The van der Waals surface area contributed by atoms with Crippen molar-refractivity contribution >= 4 is 15.9 Å². The van der Waals surface area contributed by atoms with Crippen LogP contribution < -0.4 is 0 Å². The van der Waals surface area contributed by atoms with Crippen LogP contribution in [0.1, 0.15) is 39.3 Å². The Hall–Kier alpha value is -0.350. The van der Waals surface area contributed by atoms with Crippen LogP contribution >= 0.6 is 15.9 Å². The first kappa shape index (κ1) is 12.7. The smallest absolute Gasteiger partial charge is 0.0899 e. The molecule has 0 saturated carbocycles. The predicted octanol–water partition coefficient (Wildman–Crippen LogP) is 3.37. The highest BCUT2D eigenvalue weighted by Crippen LogP contribution is 2.18. The van der Waals surface area contributed by atoms with E-state index >= 15 is 0 Å². The van der Waals surface area contributed by atoms with Crippen LogP contribution in [0.25, 0.3) is 0 Å². The number of hydrogen-bond donors (Lipinski definition) is 0. The van der Waals surface area contributed by atoms with Gasteiger partial charge in [0, 0.05) is 6.54 Å². The van der Waals surface area contributed by atoms with Crippen LogP contribution in [0.4, 0.5) is 0 Å². The van der Waals surface area contributed by atoms with Crippen molar-refractivity contribution in [2.24, 2.45) is 0 Å². The summed E-state index contributed by atoms with van der Waals surface area (Å²) in [5, 5.41) is 4.30. The Labute approximate surface area is 99.9 Å². The first-order valence-electron chi connectivity index (χ1n) is 5.50. The molecule has 0 aromatic carbocycles. The van der Waals surface area contributed by atoms with Gasteiger partial charge < -0.3 is 4.74 Å². The highest BCUT2D eigenvalue weighted by Gasteiger charge is 2.09. The van der Waals surface area contributed by atoms with Crippen LogP contribution in [-0.4, -0.2) is 15.9 Å². The van der Waals surface area contributed by atoms with Gasteiger partial charge in [-0.1, -0.05) is 13.8 Å². The Kier molecular flexibility index (Phi) is 5.32. The fraction of sp³-hybridized carbons (Fsp3) is 0.727. The van der Waals surface area contributed by atoms with Gasteiger partial charge in [0.1, 0.15) is 0 Å². The quantitative estimate of drug-likeness (QED) is 0.795. The molecule has 3 nitrogen and oxygen atoms in total. The zero-order valence-corrected chi connectivity index (χ0v) is 11.2. The Morgan fingerprint density at radius 1 is 1.53 bits per heavy atom. The van der Waals surface area contributed by atoms with E-state index in [2.05, 4.69) is 41.8 Å². The second-order valence-corrected chi connectivity index (χ2v) is 4.55. The van der Waals surface area contributed by atoms with Crippen molar-refractivity contribution < 1.29 is 4.74 Å². The van der Waals surface area contributed by atoms with E-state index in [1.54, 1.807) is 0 Å². The van der Waals surface area contributed by atoms with Crippen molar-refractivity contribution in [2.75, 3.05) is 0 Å². The van der Waals surface area contributed by atoms with E-state index in [1.807, 2.05) is 10.9 Å². The Morgan fingerprint density at radius 3 is 2.87 bits per heavy atom. The molecule has 1 aromatic heterocycles. The lowest BCUT2D eigenvalue weighted by molar-refractivity contribution is 0.0463. The van der Waals surface area contributed by atoms with Crippen LogP contribution in [0.15, 0.2) is 10.7 Å². The number of ether oxygens (including phenoxy) is 1. The van der Waals surface area contributed by atoms with Gasteiger partial charge in [0.15, 0.2) is 0 Å². The molecular weight excluding hydrogens is 256 g/mol. The van der Waals surface area contributed by atoms with Crippen molar-refractivity contribution in [2.45, 2.75) is 52.9 Å². The van der Waals surface area contributed by atoms with Crippen molar-refractivity contribution in [1.82, 2.24) is 9.78 Å². The van der Waals surface area contributed by atoms with Crippen molar-refractivity contribution in [3.05, 3.63) is 16.4 Å². The Balaban J connectivity index is 2.61. The molecule has 86 valence electrons. The highest BCUT2D eigenvalue weighted by molar-refractivity contribution is 9.10. The summed E-state index contributed by atoms with van der Waals surface area (Å²) in [6.07, 6.45) is 4.27. The van der Waals surface area contributed by atoms with Gasteiger partial charge in [-0.3, -0.25) is 4.68 Å². The maximum atomic E-state index is 5.71. The summed E-state index contributed by atoms with van der Waals surface area (Å²) in [4.78, 5) is 0. The zero-order valence-electron chi connectivity index (χ0n) is 9.66. The van der Waals surface area contributed by atoms with Gasteiger partial charge in [0.25, 0.3) is 0 Å². The van der Waals surface area contributed by atoms with E-state index in [0.717, 1.165) is 29.6 Å². The molecule has 0 saturated heterocycles. The number of aryl methyl sites for hydroxylation is 1. The molecule has 1 heterocycles. The molecule has 0 aliphatic carbocycles. The standard InChI is InChI=1S/C11H19BrN2O/c1-4-6-14-11(10(12)7-13-14)8-15-9(3)5-2/h7,9H,4-6,8H2,1-3H3/t9-/m1/s1. The lowest BCUT2D eigenvalue weighted by Gasteiger charge is -2.12. The monoisotopic (exact) mass is 274 g/mol. The first-order valence-corrected chi connectivity index (χ1v) is 6.30. The highest BCUT2D eigenvalue weighted by atomic mass is 79.9. The van der Waals surface area contributed by atoms with Gasteiger partial charge in [-0.15, -0.1) is 0 Å². The number of rotatable bonds is 6.